The minimum atomic E-state index is -3.61. The first-order chi connectivity index (χ1) is 8.96. The molecule has 100 valence electrons. The summed E-state index contributed by atoms with van der Waals surface area (Å²) in [6.45, 7) is 0. The lowest BCUT2D eigenvalue weighted by atomic mass is 10.1. The van der Waals surface area contributed by atoms with Gasteiger partial charge in [-0.05, 0) is 17.7 Å². The quantitative estimate of drug-likeness (QED) is 0.858. The molecule has 0 fully saturated rings. The Morgan fingerprint density at radius 2 is 2.21 bits per heavy atom. The zero-order valence-electron chi connectivity index (χ0n) is 9.48. The van der Waals surface area contributed by atoms with E-state index < -0.39 is 16.0 Å². The summed E-state index contributed by atoms with van der Waals surface area (Å²) in [5.74, 6) is -1.41. The SMILES string of the molecule is O=C(O)c1cccc(CS(=O)(=O)Nc2cnns2)c1. The van der Waals surface area contributed by atoms with Crippen molar-refractivity contribution in [1.82, 2.24) is 9.59 Å². The number of aromatic nitrogens is 2. The van der Waals surface area contributed by atoms with E-state index in [1.54, 1.807) is 6.07 Å². The number of rotatable bonds is 5. The third-order valence-corrected chi connectivity index (χ3v) is 4.10. The summed E-state index contributed by atoms with van der Waals surface area (Å²) >= 11 is 0.923. The number of aromatic carboxylic acids is 1. The van der Waals surface area contributed by atoms with Crippen LogP contribution < -0.4 is 4.72 Å². The Morgan fingerprint density at radius 3 is 2.84 bits per heavy atom. The monoisotopic (exact) mass is 299 g/mol. The van der Waals surface area contributed by atoms with Crippen LogP contribution in [0.4, 0.5) is 5.00 Å². The molecule has 0 unspecified atom stereocenters. The molecule has 0 saturated heterocycles. The summed E-state index contributed by atoms with van der Waals surface area (Å²) in [6.07, 6.45) is 1.30. The van der Waals surface area contributed by atoms with Gasteiger partial charge in [0.05, 0.1) is 17.5 Å². The standard InChI is InChI=1S/C10H9N3O4S2/c14-10(15)8-3-1-2-7(4-8)6-19(16,17)12-9-5-11-13-18-9/h1-5,12H,6H2,(H,14,15). The second-order valence-corrected chi connectivity index (χ2v) is 6.16. The van der Waals surface area contributed by atoms with Gasteiger partial charge in [-0.1, -0.05) is 16.6 Å². The average Bonchev–Trinajstić information content (AvgIpc) is 2.80. The maximum absolute atomic E-state index is 11.8. The minimum Gasteiger partial charge on any atom is -0.478 e. The lowest BCUT2D eigenvalue weighted by Crippen LogP contribution is -2.14. The van der Waals surface area contributed by atoms with E-state index in [0.717, 1.165) is 11.5 Å². The van der Waals surface area contributed by atoms with Crippen LogP contribution in [0.25, 0.3) is 0 Å². The third-order valence-electron chi connectivity index (χ3n) is 2.15. The minimum absolute atomic E-state index is 0.0483. The van der Waals surface area contributed by atoms with E-state index in [-0.39, 0.29) is 11.3 Å². The number of benzene rings is 1. The van der Waals surface area contributed by atoms with Crippen LogP contribution in [0.2, 0.25) is 0 Å². The summed E-state index contributed by atoms with van der Waals surface area (Å²) < 4.78 is 29.5. The van der Waals surface area contributed by atoms with Crippen molar-refractivity contribution in [3.05, 3.63) is 41.6 Å². The molecular formula is C10H9N3O4S2. The van der Waals surface area contributed by atoms with Gasteiger partial charge in [-0.2, -0.15) is 0 Å². The fourth-order valence-electron chi connectivity index (χ4n) is 1.42. The highest BCUT2D eigenvalue weighted by Crippen LogP contribution is 2.15. The van der Waals surface area contributed by atoms with Crippen LogP contribution in [0.5, 0.6) is 0 Å². The molecule has 2 N–H and O–H groups in total. The van der Waals surface area contributed by atoms with Gasteiger partial charge >= 0.3 is 5.97 Å². The first-order valence-electron chi connectivity index (χ1n) is 5.06. The zero-order valence-corrected chi connectivity index (χ0v) is 11.1. The van der Waals surface area contributed by atoms with E-state index >= 15 is 0 Å². The van der Waals surface area contributed by atoms with Gasteiger partial charge in [-0.25, -0.2) is 13.2 Å². The summed E-state index contributed by atoms with van der Waals surface area (Å²) in [5.41, 5.74) is 0.442. The lowest BCUT2D eigenvalue weighted by molar-refractivity contribution is 0.0696. The van der Waals surface area contributed by atoms with Crippen LogP contribution in [-0.2, 0) is 15.8 Å². The van der Waals surface area contributed by atoms with Gasteiger partial charge in [0, 0.05) is 11.5 Å². The number of hydrogen-bond acceptors (Lipinski definition) is 6. The van der Waals surface area contributed by atoms with Gasteiger partial charge in [-0.3, -0.25) is 4.72 Å². The fourth-order valence-corrected chi connectivity index (χ4v) is 3.27. The van der Waals surface area contributed by atoms with Crippen molar-refractivity contribution >= 4 is 32.5 Å². The van der Waals surface area contributed by atoms with Gasteiger partial charge in [-0.15, -0.1) is 5.10 Å². The van der Waals surface area contributed by atoms with Crippen LogP contribution >= 0.6 is 11.5 Å². The van der Waals surface area contributed by atoms with Gasteiger partial charge < -0.3 is 5.11 Å². The molecule has 1 aromatic heterocycles. The Morgan fingerprint density at radius 1 is 1.42 bits per heavy atom. The molecule has 1 aromatic carbocycles. The first-order valence-corrected chi connectivity index (χ1v) is 7.49. The molecule has 0 atom stereocenters. The topological polar surface area (TPSA) is 109 Å². The van der Waals surface area contributed by atoms with E-state index in [1.807, 2.05) is 0 Å². The van der Waals surface area contributed by atoms with E-state index in [1.165, 1.54) is 24.4 Å². The van der Waals surface area contributed by atoms with Crippen LogP contribution in [0, 0.1) is 0 Å². The summed E-state index contributed by atoms with van der Waals surface area (Å²) in [5, 5.41) is 12.7. The summed E-state index contributed by atoms with van der Waals surface area (Å²) in [6, 6.07) is 5.78. The zero-order chi connectivity index (χ0) is 13.9. The van der Waals surface area contributed by atoms with Crippen molar-refractivity contribution in [1.29, 1.82) is 0 Å². The van der Waals surface area contributed by atoms with Crippen molar-refractivity contribution < 1.29 is 18.3 Å². The van der Waals surface area contributed by atoms with Crippen molar-refractivity contribution in [2.24, 2.45) is 0 Å². The molecule has 7 nitrogen and oxygen atoms in total. The Kier molecular flexibility index (Phi) is 3.76. The number of nitrogens with one attached hydrogen (secondary N) is 1. The molecular weight excluding hydrogens is 290 g/mol. The molecule has 0 aliphatic carbocycles. The van der Waals surface area contributed by atoms with E-state index in [9.17, 15) is 13.2 Å². The van der Waals surface area contributed by atoms with E-state index in [0.29, 0.717) is 10.6 Å². The maximum atomic E-state index is 11.8. The lowest BCUT2D eigenvalue weighted by Gasteiger charge is -2.05. The summed E-state index contributed by atoms with van der Waals surface area (Å²) in [7, 11) is -3.61. The largest absolute Gasteiger partial charge is 0.478 e. The molecule has 0 amide bonds. The van der Waals surface area contributed by atoms with E-state index in [2.05, 4.69) is 14.3 Å². The Bertz CT molecular complexity index is 683. The Labute approximate surface area is 113 Å². The molecule has 0 aliphatic heterocycles. The van der Waals surface area contributed by atoms with Crippen molar-refractivity contribution in [3.8, 4) is 0 Å². The highest BCUT2D eigenvalue weighted by atomic mass is 32.2. The number of hydrogen-bond donors (Lipinski definition) is 2. The Hall–Kier alpha value is -2.00. The molecule has 0 spiro atoms. The van der Waals surface area contributed by atoms with Crippen LogP contribution in [0.1, 0.15) is 15.9 Å². The third kappa shape index (κ3) is 3.73. The molecule has 0 saturated carbocycles. The van der Waals surface area contributed by atoms with Gasteiger partial charge in [0.2, 0.25) is 10.0 Å². The van der Waals surface area contributed by atoms with Crippen LogP contribution in [0.3, 0.4) is 0 Å². The normalized spacial score (nSPS) is 11.2. The number of carbonyl (C=O) groups is 1. The molecule has 2 aromatic rings. The van der Waals surface area contributed by atoms with Gasteiger partial charge in [0.1, 0.15) is 5.00 Å². The predicted octanol–water partition coefficient (Wildman–Crippen LogP) is 1.18. The molecule has 0 aliphatic rings. The van der Waals surface area contributed by atoms with Crippen molar-refractivity contribution in [2.75, 3.05) is 4.72 Å². The van der Waals surface area contributed by atoms with Crippen molar-refractivity contribution in [3.63, 3.8) is 0 Å². The number of nitrogens with zero attached hydrogens (tertiary/aromatic N) is 2. The number of sulfonamides is 1. The van der Waals surface area contributed by atoms with E-state index in [4.69, 9.17) is 5.11 Å². The highest BCUT2D eigenvalue weighted by molar-refractivity contribution is 7.92. The van der Waals surface area contributed by atoms with Crippen LogP contribution in [0.15, 0.2) is 30.5 Å². The Balaban J connectivity index is 2.16. The highest BCUT2D eigenvalue weighted by Gasteiger charge is 2.14. The molecule has 2 rings (SSSR count). The fraction of sp³-hybridized carbons (Fsp3) is 0.100. The van der Waals surface area contributed by atoms with Crippen LogP contribution in [-0.4, -0.2) is 29.1 Å². The number of carboxylic acid groups (broad SMARTS) is 1. The number of carboxylic acids is 1. The second-order valence-electron chi connectivity index (χ2n) is 3.65. The molecule has 0 bridgehead atoms. The smallest absolute Gasteiger partial charge is 0.335 e. The van der Waals surface area contributed by atoms with Gasteiger partial charge in [0.25, 0.3) is 0 Å². The maximum Gasteiger partial charge on any atom is 0.335 e. The molecule has 1 heterocycles. The van der Waals surface area contributed by atoms with Crippen molar-refractivity contribution in [2.45, 2.75) is 5.75 Å². The molecule has 0 radical (unpaired) electrons. The van der Waals surface area contributed by atoms with Gasteiger partial charge in [0.15, 0.2) is 0 Å². The molecule has 9 heteroatoms. The summed E-state index contributed by atoms with van der Waals surface area (Å²) in [4.78, 5) is 10.8. The predicted molar refractivity (Wildman–Crippen MR) is 69.6 cm³/mol. The second kappa shape index (κ2) is 5.33. The number of anilines is 1. The average molecular weight is 299 g/mol. The molecule has 19 heavy (non-hydrogen) atoms. The first kappa shape index (κ1) is 13.4.